The molecule has 0 radical (unpaired) electrons. The lowest BCUT2D eigenvalue weighted by molar-refractivity contribution is -0.149. The smallest absolute Gasteiger partial charge is 0.308 e. The average molecular weight is 263 g/mol. The van der Waals surface area contributed by atoms with Gasteiger partial charge in [0.2, 0.25) is 5.91 Å². The zero-order valence-electron chi connectivity index (χ0n) is 11.3. The fourth-order valence-corrected chi connectivity index (χ4v) is 3.89. The molecule has 5 unspecified atom stereocenters. The third-order valence-corrected chi connectivity index (χ3v) is 5.11. The number of likely N-dealkylation sites (tertiary alicyclic amines) is 1. The van der Waals surface area contributed by atoms with Crippen LogP contribution in [0.5, 0.6) is 0 Å². The third-order valence-electron chi connectivity index (χ3n) is 5.11. The Bertz CT molecular complexity index is 431. The fraction of sp³-hybridized carbons (Fsp3) is 0.733. The van der Waals surface area contributed by atoms with E-state index in [-0.39, 0.29) is 23.8 Å². The Kier molecular flexibility index (Phi) is 3.11. The quantitative estimate of drug-likeness (QED) is 0.774. The summed E-state index contributed by atoms with van der Waals surface area (Å²) in [5, 5.41) is 9.15. The van der Waals surface area contributed by atoms with Gasteiger partial charge in [-0.2, -0.15) is 0 Å². The molecule has 0 spiro atoms. The first-order chi connectivity index (χ1) is 9.06. The van der Waals surface area contributed by atoms with Gasteiger partial charge in [-0.3, -0.25) is 9.59 Å². The van der Waals surface area contributed by atoms with Crippen LogP contribution in [-0.2, 0) is 9.59 Å². The number of rotatable bonds is 2. The highest BCUT2D eigenvalue weighted by atomic mass is 16.4. The van der Waals surface area contributed by atoms with Gasteiger partial charge in [0.25, 0.3) is 0 Å². The number of carboxylic acid groups (broad SMARTS) is 1. The lowest BCUT2D eigenvalue weighted by Gasteiger charge is -2.39. The van der Waals surface area contributed by atoms with E-state index >= 15 is 0 Å². The van der Waals surface area contributed by atoms with Crippen molar-refractivity contribution in [2.45, 2.75) is 38.6 Å². The Balaban J connectivity index is 1.71. The Morgan fingerprint density at radius 3 is 2.58 bits per heavy atom. The molecule has 1 saturated heterocycles. The Morgan fingerprint density at radius 2 is 2.00 bits per heavy atom. The average Bonchev–Trinajstić information content (AvgIpc) is 3.00. The molecule has 2 fully saturated rings. The van der Waals surface area contributed by atoms with E-state index in [2.05, 4.69) is 12.2 Å². The molecule has 4 nitrogen and oxygen atoms in total. The van der Waals surface area contributed by atoms with Crippen LogP contribution in [0.25, 0.3) is 0 Å². The Morgan fingerprint density at radius 1 is 1.21 bits per heavy atom. The van der Waals surface area contributed by atoms with Crippen LogP contribution in [0.3, 0.4) is 0 Å². The molecule has 3 aliphatic rings. The van der Waals surface area contributed by atoms with E-state index in [9.17, 15) is 9.59 Å². The van der Waals surface area contributed by atoms with Crippen LogP contribution in [0.2, 0.25) is 0 Å². The summed E-state index contributed by atoms with van der Waals surface area (Å²) in [7, 11) is 0. The maximum Gasteiger partial charge on any atom is 0.308 e. The first-order valence-electron chi connectivity index (χ1n) is 7.28. The number of fused-ring (bicyclic) bond motifs is 2. The van der Waals surface area contributed by atoms with Crippen molar-refractivity contribution in [3.05, 3.63) is 12.2 Å². The van der Waals surface area contributed by atoms with Crippen LogP contribution in [0.4, 0.5) is 0 Å². The van der Waals surface area contributed by atoms with Crippen molar-refractivity contribution in [2.24, 2.45) is 23.7 Å². The van der Waals surface area contributed by atoms with Crippen molar-refractivity contribution in [2.75, 3.05) is 6.54 Å². The van der Waals surface area contributed by atoms with Crippen molar-refractivity contribution in [3.63, 3.8) is 0 Å². The molecule has 1 amide bonds. The van der Waals surface area contributed by atoms with Gasteiger partial charge in [-0.25, -0.2) is 0 Å². The van der Waals surface area contributed by atoms with E-state index in [1.165, 1.54) is 0 Å². The van der Waals surface area contributed by atoms with Gasteiger partial charge < -0.3 is 10.0 Å². The highest BCUT2D eigenvalue weighted by molar-refractivity contribution is 5.81. The van der Waals surface area contributed by atoms with Crippen molar-refractivity contribution in [3.8, 4) is 0 Å². The topological polar surface area (TPSA) is 57.6 Å². The van der Waals surface area contributed by atoms with Gasteiger partial charge in [0.1, 0.15) is 0 Å². The number of nitrogens with zero attached hydrogens (tertiary/aromatic N) is 1. The second-order valence-electron chi connectivity index (χ2n) is 6.34. The van der Waals surface area contributed by atoms with E-state index in [1.807, 2.05) is 11.8 Å². The lowest BCUT2D eigenvalue weighted by Crippen LogP contribution is -2.50. The highest BCUT2D eigenvalue weighted by Gasteiger charge is 2.43. The molecule has 104 valence electrons. The number of carboxylic acids is 1. The molecule has 1 heterocycles. The zero-order chi connectivity index (χ0) is 13.6. The molecular formula is C15H21NO3. The van der Waals surface area contributed by atoms with E-state index in [0.29, 0.717) is 24.8 Å². The summed E-state index contributed by atoms with van der Waals surface area (Å²) in [6.07, 6.45) is 7.98. The fourth-order valence-electron chi connectivity index (χ4n) is 3.89. The molecule has 0 aromatic heterocycles. The molecule has 5 atom stereocenters. The molecule has 19 heavy (non-hydrogen) atoms. The number of hydrogen-bond acceptors (Lipinski definition) is 2. The second kappa shape index (κ2) is 4.66. The molecule has 4 heteroatoms. The molecule has 0 aromatic rings. The van der Waals surface area contributed by atoms with Crippen LogP contribution in [0.1, 0.15) is 32.6 Å². The summed E-state index contributed by atoms with van der Waals surface area (Å²) >= 11 is 0. The van der Waals surface area contributed by atoms with Crippen molar-refractivity contribution >= 4 is 11.9 Å². The second-order valence-corrected chi connectivity index (χ2v) is 6.34. The minimum Gasteiger partial charge on any atom is -0.481 e. The van der Waals surface area contributed by atoms with Crippen molar-refractivity contribution < 1.29 is 14.7 Å². The number of amides is 1. The molecule has 3 rings (SSSR count). The first-order valence-corrected chi connectivity index (χ1v) is 7.28. The predicted molar refractivity (Wildman–Crippen MR) is 70.4 cm³/mol. The Hall–Kier alpha value is -1.32. The van der Waals surface area contributed by atoms with E-state index in [0.717, 1.165) is 19.3 Å². The normalized spacial score (nSPS) is 40.7. The van der Waals surface area contributed by atoms with Gasteiger partial charge in [-0.15, -0.1) is 0 Å². The largest absolute Gasteiger partial charge is 0.481 e. The van der Waals surface area contributed by atoms with Crippen LogP contribution in [0.15, 0.2) is 12.2 Å². The monoisotopic (exact) mass is 263 g/mol. The summed E-state index contributed by atoms with van der Waals surface area (Å²) in [4.78, 5) is 25.6. The lowest BCUT2D eigenvalue weighted by atomic mass is 9.88. The van der Waals surface area contributed by atoms with Crippen LogP contribution in [0, 0.1) is 23.7 Å². The maximum atomic E-state index is 12.7. The predicted octanol–water partition coefficient (Wildman–Crippen LogP) is 1.91. The van der Waals surface area contributed by atoms with Gasteiger partial charge >= 0.3 is 5.97 Å². The van der Waals surface area contributed by atoms with Crippen molar-refractivity contribution in [1.82, 2.24) is 4.90 Å². The molecule has 1 aliphatic heterocycles. The molecule has 1 saturated carbocycles. The minimum atomic E-state index is -0.766. The number of hydrogen-bond donors (Lipinski definition) is 1. The van der Waals surface area contributed by atoms with E-state index in [4.69, 9.17) is 5.11 Å². The van der Waals surface area contributed by atoms with E-state index in [1.54, 1.807) is 0 Å². The standard InChI is InChI=1S/C15H21NO3/c1-9-2-4-12(15(18)19)8-16(9)14(17)13-7-10-3-5-11(13)6-10/h3,5,9-13H,2,4,6-8H2,1H3,(H,18,19). The Labute approximate surface area is 113 Å². The SMILES string of the molecule is CC1CCC(C(=O)O)CN1C(=O)C1CC2C=CC1C2. The minimum absolute atomic E-state index is 0.102. The van der Waals surface area contributed by atoms with E-state index < -0.39 is 5.97 Å². The molecule has 2 bridgehead atoms. The molecule has 0 aromatic carbocycles. The van der Waals surface area contributed by atoms with Gasteiger partial charge in [-0.1, -0.05) is 12.2 Å². The molecule has 2 aliphatic carbocycles. The van der Waals surface area contributed by atoms with Gasteiger partial charge in [0, 0.05) is 18.5 Å². The molecule has 1 N–H and O–H groups in total. The number of carbonyl (C=O) groups excluding carboxylic acids is 1. The third kappa shape index (κ3) is 2.17. The van der Waals surface area contributed by atoms with Gasteiger partial charge in [-0.05, 0) is 44.4 Å². The summed E-state index contributed by atoms with van der Waals surface area (Å²) in [6.45, 7) is 2.44. The summed E-state index contributed by atoms with van der Waals surface area (Å²) in [5.41, 5.74) is 0. The number of piperidine rings is 1. The number of carbonyl (C=O) groups is 2. The summed E-state index contributed by atoms with van der Waals surface area (Å²) < 4.78 is 0. The number of aliphatic carboxylic acids is 1. The van der Waals surface area contributed by atoms with Crippen LogP contribution in [-0.4, -0.2) is 34.5 Å². The van der Waals surface area contributed by atoms with Gasteiger partial charge in [0.05, 0.1) is 5.92 Å². The summed E-state index contributed by atoms with van der Waals surface area (Å²) in [5.74, 6) is 0.122. The maximum absolute atomic E-state index is 12.7. The first kappa shape index (κ1) is 12.7. The summed E-state index contributed by atoms with van der Waals surface area (Å²) in [6, 6.07) is 0.186. The van der Waals surface area contributed by atoms with Gasteiger partial charge in [0.15, 0.2) is 0 Å². The van der Waals surface area contributed by atoms with Crippen molar-refractivity contribution in [1.29, 1.82) is 0 Å². The number of allylic oxidation sites excluding steroid dienone is 2. The molecular weight excluding hydrogens is 242 g/mol. The van der Waals surface area contributed by atoms with Crippen LogP contribution < -0.4 is 0 Å². The zero-order valence-corrected chi connectivity index (χ0v) is 11.3. The highest BCUT2D eigenvalue weighted by Crippen LogP contribution is 2.44. The van der Waals surface area contributed by atoms with Crippen LogP contribution >= 0.6 is 0 Å².